The van der Waals surface area contributed by atoms with Crippen LogP contribution in [0.2, 0.25) is 0 Å². The van der Waals surface area contributed by atoms with Crippen molar-refractivity contribution in [2.75, 3.05) is 0 Å². The Morgan fingerprint density at radius 2 is 2.05 bits per heavy atom. The van der Waals surface area contributed by atoms with E-state index in [1.54, 1.807) is 0 Å². The van der Waals surface area contributed by atoms with Gasteiger partial charge in [0.05, 0.1) is 17.2 Å². The van der Waals surface area contributed by atoms with Crippen LogP contribution in [0.15, 0.2) is 12.3 Å². The van der Waals surface area contributed by atoms with Gasteiger partial charge in [0, 0.05) is 12.6 Å². The van der Waals surface area contributed by atoms with E-state index in [1.165, 1.54) is 0 Å². The summed E-state index contributed by atoms with van der Waals surface area (Å²) in [5, 5.41) is 14.0. The molecule has 0 amide bonds. The predicted molar refractivity (Wildman–Crippen MR) is 76.2 cm³/mol. The van der Waals surface area contributed by atoms with Gasteiger partial charge in [0.2, 0.25) is 0 Å². The summed E-state index contributed by atoms with van der Waals surface area (Å²) in [4.78, 5) is 11.4. The summed E-state index contributed by atoms with van der Waals surface area (Å²) >= 11 is 0. The van der Waals surface area contributed by atoms with Crippen molar-refractivity contribution >= 4 is 5.97 Å². The average Bonchev–Trinajstić information content (AvgIpc) is 2.79. The first kappa shape index (κ1) is 15.7. The SMILES string of the molecule is CCCC(C)(Cc1ccn(C(CC)CC)n1)C(=O)O. The molecule has 4 nitrogen and oxygen atoms in total. The van der Waals surface area contributed by atoms with Crippen molar-refractivity contribution in [2.45, 2.75) is 65.8 Å². The van der Waals surface area contributed by atoms with Gasteiger partial charge in [-0.1, -0.05) is 27.2 Å². The third kappa shape index (κ3) is 3.82. The minimum Gasteiger partial charge on any atom is -0.481 e. The molecule has 0 saturated heterocycles. The summed E-state index contributed by atoms with van der Waals surface area (Å²) in [6, 6.07) is 2.37. The standard InChI is InChI=1S/C15H26N2O2/c1-5-9-15(4,14(18)19)11-12-8-10-17(16-12)13(6-2)7-3/h8,10,13H,5-7,9,11H2,1-4H3,(H,18,19). The van der Waals surface area contributed by atoms with Gasteiger partial charge in [-0.3, -0.25) is 9.48 Å². The van der Waals surface area contributed by atoms with Gasteiger partial charge in [-0.15, -0.1) is 0 Å². The van der Waals surface area contributed by atoms with E-state index < -0.39 is 11.4 Å². The molecule has 1 unspecified atom stereocenters. The second-order valence-corrected chi connectivity index (χ2v) is 5.55. The summed E-state index contributed by atoms with van der Waals surface area (Å²) in [5.74, 6) is -0.730. The highest BCUT2D eigenvalue weighted by Gasteiger charge is 2.33. The maximum Gasteiger partial charge on any atom is 0.309 e. The van der Waals surface area contributed by atoms with Crippen LogP contribution in [0.3, 0.4) is 0 Å². The Hall–Kier alpha value is -1.32. The lowest BCUT2D eigenvalue weighted by Crippen LogP contribution is -2.30. The van der Waals surface area contributed by atoms with Gasteiger partial charge in [0.25, 0.3) is 0 Å². The summed E-state index contributed by atoms with van der Waals surface area (Å²) < 4.78 is 1.98. The lowest BCUT2D eigenvalue weighted by atomic mass is 9.81. The molecule has 0 aromatic carbocycles. The molecule has 108 valence electrons. The lowest BCUT2D eigenvalue weighted by molar-refractivity contribution is -0.148. The molecule has 4 heteroatoms. The smallest absolute Gasteiger partial charge is 0.309 e. The van der Waals surface area contributed by atoms with Crippen LogP contribution < -0.4 is 0 Å². The van der Waals surface area contributed by atoms with Gasteiger partial charge in [-0.2, -0.15) is 5.10 Å². The van der Waals surface area contributed by atoms with Crippen molar-refractivity contribution in [1.29, 1.82) is 0 Å². The van der Waals surface area contributed by atoms with Gasteiger partial charge >= 0.3 is 5.97 Å². The Labute approximate surface area is 115 Å². The van der Waals surface area contributed by atoms with Crippen LogP contribution in [0.4, 0.5) is 0 Å². The first-order chi connectivity index (χ1) is 8.96. The van der Waals surface area contributed by atoms with E-state index in [4.69, 9.17) is 0 Å². The predicted octanol–water partition coefficient (Wildman–Crippen LogP) is 3.68. The van der Waals surface area contributed by atoms with Crippen LogP contribution in [-0.4, -0.2) is 20.9 Å². The number of hydrogen-bond donors (Lipinski definition) is 1. The second kappa shape index (κ2) is 6.73. The van der Waals surface area contributed by atoms with Crippen molar-refractivity contribution in [3.8, 4) is 0 Å². The fourth-order valence-corrected chi connectivity index (χ4v) is 2.56. The number of aromatic nitrogens is 2. The number of carbonyl (C=O) groups is 1. The number of aliphatic carboxylic acids is 1. The highest BCUT2D eigenvalue weighted by Crippen LogP contribution is 2.28. The van der Waals surface area contributed by atoms with E-state index in [0.717, 1.165) is 25.0 Å². The zero-order valence-electron chi connectivity index (χ0n) is 12.5. The fourth-order valence-electron chi connectivity index (χ4n) is 2.56. The normalized spacial score (nSPS) is 14.6. The third-order valence-electron chi connectivity index (χ3n) is 3.87. The van der Waals surface area contributed by atoms with Gasteiger partial charge in [0.1, 0.15) is 0 Å². The minimum atomic E-state index is -0.730. The Bertz CT molecular complexity index is 410. The van der Waals surface area contributed by atoms with E-state index >= 15 is 0 Å². The molecule has 1 rings (SSSR count). The van der Waals surface area contributed by atoms with Gasteiger partial charge in [-0.25, -0.2) is 0 Å². The number of rotatable bonds is 8. The second-order valence-electron chi connectivity index (χ2n) is 5.55. The topological polar surface area (TPSA) is 55.1 Å². The molecule has 0 radical (unpaired) electrons. The number of carboxylic acid groups (broad SMARTS) is 1. The first-order valence-electron chi connectivity index (χ1n) is 7.24. The van der Waals surface area contributed by atoms with Crippen LogP contribution in [-0.2, 0) is 11.2 Å². The molecule has 1 aromatic heterocycles. The molecule has 0 aliphatic rings. The molecule has 0 fully saturated rings. The summed E-state index contributed by atoms with van der Waals surface area (Å²) in [6.07, 6.45) is 6.12. The van der Waals surface area contributed by atoms with Crippen LogP contribution in [0, 0.1) is 5.41 Å². The zero-order chi connectivity index (χ0) is 14.5. The zero-order valence-corrected chi connectivity index (χ0v) is 12.5. The Balaban J connectivity index is 2.84. The quantitative estimate of drug-likeness (QED) is 0.781. The highest BCUT2D eigenvalue weighted by atomic mass is 16.4. The maximum absolute atomic E-state index is 11.4. The van der Waals surface area contributed by atoms with Gasteiger partial charge in [-0.05, 0) is 32.3 Å². The van der Waals surface area contributed by atoms with Gasteiger partial charge < -0.3 is 5.11 Å². The molecule has 1 atom stereocenters. The fraction of sp³-hybridized carbons (Fsp3) is 0.733. The number of carboxylic acids is 1. The summed E-state index contributed by atoms with van der Waals surface area (Å²) in [7, 11) is 0. The van der Waals surface area contributed by atoms with E-state index in [0.29, 0.717) is 18.9 Å². The number of nitrogens with zero attached hydrogens (tertiary/aromatic N) is 2. The van der Waals surface area contributed by atoms with Crippen molar-refractivity contribution in [3.63, 3.8) is 0 Å². The molecular weight excluding hydrogens is 240 g/mol. The molecule has 0 aliphatic heterocycles. The van der Waals surface area contributed by atoms with Crippen LogP contribution in [0.5, 0.6) is 0 Å². The average molecular weight is 266 g/mol. The van der Waals surface area contributed by atoms with Crippen molar-refractivity contribution in [3.05, 3.63) is 18.0 Å². The molecule has 0 saturated carbocycles. The molecule has 1 aromatic rings. The van der Waals surface area contributed by atoms with Crippen LogP contribution in [0.25, 0.3) is 0 Å². The third-order valence-corrected chi connectivity index (χ3v) is 3.87. The Morgan fingerprint density at radius 1 is 1.42 bits per heavy atom. The molecule has 0 aliphatic carbocycles. The number of hydrogen-bond acceptors (Lipinski definition) is 2. The molecule has 1 heterocycles. The van der Waals surface area contributed by atoms with E-state index in [-0.39, 0.29) is 0 Å². The van der Waals surface area contributed by atoms with Crippen molar-refractivity contribution in [1.82, 2.24) is 9.78 Å². The summed E-state index contributed by atoms with van der Waals surface area (Å²) in [6.45, 7) is 8.13. The molecule has 0 spiro atoms. The first-order valence-corrected chi connectivity index (χ1v) is 7.24. The van der Waals surface area contributed by atoms with Gasteiger partial charge in [0.15, 0.2) is 0 Å². The largest absolute Gasteiger partial charge is 0.481 e. The molecular formula is C15H26N2O2. The van der Waals surface area contributed by atoms with Crippen LogP contribution >= 0.6 is 0 Å². The molecule has 1 N–H and O–H groups in total. The van der Waals surface area contributed by atoms with Crippen LogP contribution in [0.1, 0.15) is 65.1 Å². The van der Waals surface area contributed by atoms with E-state index in [1.807, 2.05) is 30.8 Å². The monoisotopic (exact) mass is 266 g/mol. The summed E-state index contributed by atoms with van der Waals surface area (Å²) in [5.41, 5.74) is 0.173. The highest BCUT2D eigenvalue weighted by molar-refractivity contribution is 5.74. The molecule has 0 bridgehead atoms. The lowest BCUT2D eigenvalue weighted by Gasteiger charge is -2.23. The van der Waals surface area contributed by atoms with E-state index in [9.17, 15) is 9.90 Å². The molecule has 19 heavy (non-hydrogen) atoms. The Kier molecular flexibility index (Phi) is 5.58. The maximum atomic E-state index is 11.4. The Morgan fingerprint density at radius 3 is 2.53 bits per heavy atom. The van der Waals surface area contributed by atoms with E-state index in [2.05, 4.69) is 18.9 Å². The van der Waals surface area contributed by atoms with Crippen molar-refractivity contribution < 1.29 is 9.90 Å². The minimum absolute atomic E-state index is 0.413. The van der Waals surface area contributed by atoms with Crippen molar-refractivity contribution in [2.24, 2.45) is 5.41 Å².